The van der Waals surface area contributed by atoms with Crippen molar-refractivity contribution in [2.75, 3.05) is 0 Å². The summed E-state index contributed by atoms with van der Waals surface area (Å²) in [6.07, 6.45) is -0.117. The molecule has 1 N–H and O–H groups in total. The number of alkyl carbamates (subject to hydrolysis) is 1. The molecule has 0 aliphatic rings. The largest absolute Gasteiger partial charge is 0.444 e. The second-order valence-corrected chi connectivity index (χ2v) is 9.46. The van der Waals surface area contributed by atoms with Crippen molar-refractivity contribution in [2.45, 2.75) is 52.7 Å². The molecule has 3 aromatic rings. The van der Waals surface area contributed by atoms with Crippen molar-refractivity contribution in [1.82, 2.24) is 5.32 Å². The van der Waals surface area contributed by atoms with Gasteiger partial charge >= 0.3 is 17.7 Å². The van der Waals surface area contributed by atoms with Crippen LogP contribution in [0.4, 0.5) is 4.79 Å². The molecular weight excluding hydrogens is 458 g/mol. The SMILES string of the molecule is CC[C@@H](C)[C@H](NC(=O)OC(C)(C)C)C(=O)Oc1cc2oc(=O)cc(-c3ccccc3)c2cc1Cl. The summed E-state index contributed by atoms with van der Waals surface area (Å²) in [6.45, 7) is 8.90. The Morgan fingerprint density at radius 1 is 1.12 bits per heavy atom. The van der Waals surface area contributed by atoms with Gasteiger partial charge in [0, 0.05) is 17.5 Å². The van der Waals surface area contributed by atoms with E-state index in [0.717, 1.165) is 5.56 Å². The summed E-state index contributed by atoms with van der Waals surface area (Å²) in [5.41, 5.74) is 0.424. The molecule has 0 spiro atoms. The summed E-state index contributed by atoms with van der Waals surface area (Å²) in [7, 11) is 0. The summed E-state index contributed by atoms with van der Waals surface area (Å²) < 4.78 is 16.2. The summed E-state index contributed by atoms with van der Waals surface area (Å²) in [5.74, 6) is -0.920. The highest BCUT2D eigenvalue weighted by atomic mass is 35.5. The molecule has 3 rings (SSSR count). The predicted molar refractivity (Wildman–Crippen MR) is 131 cm³/mol. The fraction of sp³-hybridized carbons (Fsp3) is 0.346. The van der Waals surface area contributed by atoms with Gasteiger partial charge in [-0.25, -0.2) is 14.4 Å². The van der Waals surface area contributed by atoms with Gasteiger partial charge in [-0.2, -0.15) is 0 Å². The number of hydrogen-bond acceptors (Lipinski definition) is 6. The van der Waals surface area contributed by atoms with Crippen LogP contribution in [0.3, 0.4) is 0 Å². The highest BCUT2D eigenvalue weighted by Gasteiger charge is 2.30. The highest BCUT2D eigenvalue weighted by molar-refractivity contribution is 6.33. The number of ether oxygens (including phenoxy) is 2. The predicted octanol–water partition coefficient (Wildman–Crippen LogP) is 5.96. The van der Waals surface area contributed by atoms with Gasteiger partial charge in [-0.15, -0.1) is 0 Å². The molecule has 0 saturated carbocycles. The molecular formula is C26H28ClNO6. The molecule has 2 aromatic carbocycles. The maximum Gasteiger partial charge on any atom is 0.408 e. The van der Waals surface area contributed by atoms with E-state index in [1.165, 1.54) is 12.1 Å². The van der Waals surface area contributed by atoms with Crippen LogP contribution >= 0.6 is 11.6 Å². The van der Waals surface area contributed by atoms with Crippen LogP contribution in [-0.4, -0.2) is 23.7 Å². The van der Waals surface area contributed by atoms with Crippen molar-refractivity contribution in [1.29, 1.82) is 0 Å². The van der Waals surface area contributed by atoms with Gasteiger partial charge in [0.2, 0.25) is 0 Å². The van der Waals surface area contributed by atoms with Crippen LogP contribution in [0.15, 0.2) is 57.7 Å². The number of rotatable bonds is 6. The number of amides is 1. The van der Waals surface area contributed by atoms with Crippen LogP contribution in [0.25, 0.3) is 22.1 Å². The smallest absolute Gasteiger partial charge is 0.408 e. The van der Waals surface area contributed by atoms with Crippen molar-refractivity contribution in [2.24, 2.45) is 5.92 Å². The molecule has 7 nitrogen and oxygen atoms in total. The normalized spacial score (nSPS) is 13.2. The van der Waals surface area contributed by atoms with Gasteiger partial charge in [0.1, 0.15) is 17.2 Å². The Hall–Kier alpha value is -3.32. The number of carbonyl (C=O) groups excluding carboxylic acids is 2. The summed E-state index contributed by atoms with van der Waals surface area (Å²) in [6, 6.07) is 12.8. The number of hydrogen-bond donors (Lipinski definition) is 1. The minimum atomic E-state index is -0.964. The maximum absolute atomic E-state index is 13.0. The van der Waals surface area contributed by atoms with Gasteiger partial charge in [-0.1, -0.05) is 62.2 Å². The highest BCUT2D eigenvalue weighted by Crippen LogP contribution is 2.35. The van der Waals surface area contributed by atoms with E-state index >= 15 is 0 Å². The first-order valence-electron chi connectivity index (χ1n) is 11.0. The zero-order chi connectivity index (χ0) is 25.0. The second-order valence-electron chi connectivity index (χ2n) is 9.05. The third-order valence-corrected chi connectivity index (χ3v) is 5.53. The third kappa shape index (κ3) is 6.17. The van der Waals surface area contributed by atoms with Crippen LogP contribution in [-0.2, 0) is 9.53 Å². The van der Waals surface area contributed by atoms with Gasteiger partial charge in [-0.05, 0) is 43.9 Å². The van der Waals surface area contributed by atoms with Crippen LogP contribution in [0, 0.1) is 5.92 Å². The fourth-order valence-electron chi connectivity index (χ4n) is 3.37. The molecule has 180 valence electrons. The number of benzene rings is 2. The van der Waals surface area contributed by atoms with Crippen LogP contribution in [0.1, 0.15) is 41.0 Å². The van der Waals surface area contributed by atoms with E-state index < -0.39 is 29.3 Å². The van der Waals surface area contributed by atoms with Crippen LogP contribution in [0.5, 0.6) is 5.75 Å². The Morgan fingerprint density at radius 3 is 2.41 bits per heavy atom. The molecule has 8 heteroatoms. The number of halogens is 1. The van der Waals surface area contributed by atoms with Crippen molar-refractivity contribution in [3.8, 4) is 16.9 Å². The van der Waals surface area contributed by atoms with Gasteiger partial charge in [0.05, 0.1) is 5.02 Å². The lowest BCUT2D eigenvalue weighted by Gasteiger charge is -2.25. The average molecular weight is 486 g/mol. The zero-order valence-electron chi connectivity index (χ0n) is 19.8. The summed E-state index contributed by atoms with van der Waals surface area (Å²) in [4.78, 5) is 37.5. The lowest BCUT2D eigenvalue weighted by molar-refractivity contribution is -0.138. The lowest BCUT2D eigenvalue weighted by atomic mass is 9.99. The molecule has 0 bridgehead atoms. The lowest BCUT2D eigenvalue weighted by Crippen LogP contribution is -2.48. The van der Waals surface area contributed by atoms with Crippen molar-refractivity contribution in [3.63, 3.8) is 0 Å². The molecule has 0 aliphatic heterocycles. The second kappa shape index (κ2) is 10.3. The molecule has 0 unspecified atom stereocenters. The van der Waals surface area contributed by atoms with Crippen molar-refractivity contribution >= 4 is 34.6 Å². The number of esters is 1. The average Bonchev–Trinajstić information content (AvgIpc) is 2.76. The quantitative estimate of drug-likeness (QED) is 0.263. The summed E-state index contributed by atoms with van der Waals surface area (Å²) >= 11 is 6.45. The molecule has 1 heterocycles. The maximum atomic E-state index is 13.0. The molecule has 2 atom stereocenters. The van der Waals surface area contributed by atoms with Gasteiger partial charge in [-0.3, -0.25) is 0 Å². The Morgan fingerprint density at radius 2 is 1.79 bits per heavy atom. The minimum absolute atomic E-state index is 0.0202. The van der Waals surface area contributed by atoms with E-state index in [2.05, 4.69) is 5.32 Å². The Kier molecular flexibility index (Phi) is 7.67. The minimum Gasteiger partial charge on any atom is -0.444 e. The zero-order valence-corrected chi connectivity index (χ0v) is 20.6. The molecule has 34 heavy (non-hydrogen) atoms. The van der Waals surface area contributed by atoms with Crippen molar-refractivity contribution < 1.29 is 23.5 Å². The molecule has 1 aromatic heterocycles. The van der Waals surface area contributed by atoms with Crippen molar-refractivity contribution in [3.05, 3.63) is 64.0 Å². The standard InChI is InChI=1S/C26H28ClNO6/c1-6-15(2)23(28-25(31)34-26(3,4)5)24(30)33-21-14-20-18(12-19(21)27)17(13-22(29)32-20)16-10-8-7-9-11-16/h7-15,23H,6H2,1-5H3,(H,28,31)/t15-,23+/m1/s1. The fourth-order valence-corrected chi connectivity index (χ4v) is 3.58. The monoisotopic (exact) mass is 485 g/mol. The number of carbonyl (C=O) groups is 2. The van der Waals surface area contributed by atoms with E-state index in [9.17, 15) is 14.4 Å². The molecule has 1 amide bonds. The van der Waals surface area contributed by atoms with E-state index in [4.69, 9.17) is 25.5 Å². The number of fused-ring (bicyclic) bond motifs is 1. The first kappa shape index (κ1) is 25.3. The Labute approximate surface area is 203 Å². The van der Waals surface area contributed by atoms with E-state index in [1.807, 2.05) is 44.2 Å². The van der Waals surface area contributed by atoms with Crippen LogP contribution < -0.4 is 15.7 Å². The van der Waals surface area contributed by atoms with E-state index in [1.54, 1.807) is 26.8 Å². The van der Waals surface area contributed by atoms with Gasteiger partial charge < -0.3 is 19.2 Å². The Balaban J connectivity index is 1.93. The topological polar surface area (TPSA) is 94.8 Å². The van der Waals surface area contributed by atoms with Gasteiger partial charge in [0.15, 0.2) is 5.75 Å². The summed E-state index contributed by atoms with van der Waals surface area (Å²) in [5, 5.41) is 3.35. The molecule has 0 aliphatic carbocycles. The molecule has 0 fully saturated rings. The third-order valence-electron chi connectivity index (χ3n) is 5.23. The van der Waals surface area contributed by atoms with E-state index in [-0.39, 0.29) is 22.3 Å². The van der Waals surface area contributed by atoms with Gasteiger partial charge in [0.25, 0.3) is 0 Å². The Bertz CT molecular complexity index is 1250. The molecule has 0 saturated heterocycles. The van der Waals surface area contributed by atoms with Crippen LogP contribution in [0.2, 0.25) is 5.02 Å². The number of nitrogens with one attached hydrogen (secondary N) is 1. The van der Waals surface area contributed by atoms with E-state index in [0.29, 0.717) is 17.4 Å². The first-order valence-corrected chi connectivity index (χ1v) is 11.4. The molecule has 0 radical (unpaired) electrons. The first-order chi connectivity index (χ1) is 16.0.